The van der Waals surface area contributed by atoms with E-state index >= 15 is 0 Å². The maximum absolute atomic E-state index is 12.6. The third-order valence-corrected chi connectivity index (χ3v) is 4.46. The van der Waals surface area contributed by atoms with Crippen LogP contribution in [0.15, 0.2) is 53.5 Å². The van der Waals surface area contributed by atoms with Crippen molar-refractivity contribution >= 4 is 5.91 Å². The molecule has 4 nitrogen and oxygen atoms in total. The fraction of sp³-hybridized carbons (Fsp3) is 0.333. The number of amides is 1. The normalized spacial score (nSPS) is 20.1. The van der Waals surface area contributed by atoms with Crippen LogP contribution in [0.2, 0.25) is 0 Å². The van der Waals surface area contributed by atoms with E-state index in [1.165, 1.54) is 17.8 Å². The summed E-state index contributed by atoms with van der Waals surface area (Å²) in [5.41, 5.74) is 1.63. The molecule has 2 aromatic rings. The Balaban J connectivity index is 1.84. The van der Waals surface area contributed by atoms with Gasteiger partial charge in [-0.05, 0) is 17.0 Å². The number of nitrogens with zero attached hydrogens (tertiary/aromatic N) is 1. The number of rotatable bonds is 2. The number of hydrogen-bond acceptors (Lipinski definition) is 2. The molecule has 3 rings (SSSR count). The molecule has 0 bridgehead atoms. The Labute approximate surface area is 129 Å². The maximum Gasteiger partial charge on any atom is 0.255 e. The van der Waals surface area contributed by atoms with E-state index in [1.54, 1.807) is 6.07 Å². The van der Waals surface area contributed by atoms with E-state index in [0.29, 0.717) is 24.6 Å². The predicted octanol–water partition coefficient (Wildman–Crippen LogP) is 2.64. The number of carbonyl (C=O) groups excluding carboxylic acids is 1. The van der Waals surface area contributed by atoms with Crippen LogP contribution in [0, 0.1) is 5.41 Å². The molecule has 114 valence electrons. The van der Waals surface area contributed by atoms with Gasteiger partial charge in [-0.2, -0.15) is 0 Å². The summed E-state index contributed by atoms with van der Waals surface area (Å²) >= 11 is 0. The first-order chi connectivity index (χ1) is 10.5. The van der Waals surface area contributed by atoms with E-state index in [2.05, 4.69) is 31.0 Å². The minimum absolute atomic E-state index is 0.0252. The van der Waals surface area contributed by atoms with Crippen LogP contribution < -0.4 is 5.56 Å². The maximum atomic E-state index is 12.6. The molecule has 2 heterocycles. The Kier molecular flexibility index (Phi) is 3.61. The molecule has 1 aliphatic heterocycles. The fourth-order valence-electron chi connectivity index (χ4n) is 3.26. The van der Waals surface area contributed by atoms with Crippen molar-refractivity contribution in [2.24, 2.45) is 5.41 Å². The zero-order chi connectivity index (χ0) is 15.7. The highest BCUT2D eigenvalue weighted by Gasteiger charge is 2.42. The molecular weight excluding hydrogens is 276 g/mol. The van der Waals surface area contributed by atoms with E-state index in [-0.39, 0.29) is 16.9 Å². The number of pyridine rings is 1. The monoisotopic (exact) mass is 296 g/mol. The number of H-pyrrole nitrogens is 1. The van der Waals surface area contributed by atoms with E-state index in [4.69, 9.17) is 0 Å². The summed E-state index contributed by atoms with van der Waals surface area (Å²) in [4.78, 5) is 28.2. The minimum atomic E-state index is -0.194. The van der Waals surface area contributed by atoms with Gasteiger partial charge in [-0.1, -0.05) is 44.2 Å². The second kappa shape index (κ2) is 5.44. The molecule has 1 fully saturated rings. The third-order valence-electron chi connectivity index (χ3n) is 4.46. The summed E-state index contributed by atoms with van der Waals surface area (Å²) in [7, 11) is 0. The number of carbonyl (C=O) groups is 1. The van der Waals surface area contributed by atoms with Gasteiger partial charge in [0.05, 0.1) is 5.56 Å². The van der Waals surface area contributed by atoms with Crippen molar-refractivity contribution in [2.45, 2.75) is 19.8 Å². The molecule has 0 spiro atoms. The van der Waals surface area contributed by atoms with Gasteiger partial charge in [0, 0.05) is 31.3 Å². The van der Waals surface area contributed by atoms with Crippen LogP contribution in [0.5, 0.6) is 0 Å². The summed E-state index contributed by atoms with van der Waals surface area (Å²) in [5, 5.41) is 0. The molecule has 0 aliphatic carbocycles. The molecule has 1 unspecified atom stereocenters. The van der Waals surface area contributed by atoms with Crippen molar-refractivity contribution in [3.63, 3.8) is 0 Å². The molecule has 1 aromatic heterocycles. The van der Waals surface area contributed by atoms with Gasteiger partial charge >= 0.3 is 0 Å². The number of likely N-dealkylation sites (tertiary alicyclic amines) is 1. The number of aromatic amines is 1. The number of hydrogen-bond donors (Lipinski definition) is 1. The summed E-state index contributed by atoms with van der Waals surface area (Å²) < 4.78 is 0. The molecular formula is C18H20N2O2. The topological polar surface area (TPSA) is 53.2 Å². The lowest BCUT2D eigenvalue weighted by Crippen LogP contribution is -2.30. The summed E-state index contributed by atoms with van der Waals surface area (Å²) in [6.45, 7) is 5.81. The highest BCUT2D eigenvalue weighted by Crippen LogP contribution is 2.42. The van der Waals surface area contributed by atoms with E-state index in [0.717, 1.165) is 0 Å². The number of nitrogens with one attached hydrogen (secondary N) is 1. The smallest absolute Gasteiger partial charge is 0.255 e. The quantitative estimate of drug-likeness (QED) is 0.926. The Hall–Kier alpha value is -2.36. The van der Waals surface area contributed by atoms with Crippen LogP contribution in [0.4, 0.5) is 0 Å². The van der Waals surface area contributed by atoms with Crippen molar-refractivity contribution in [1.29, 1.82) is 0 Å². The van der Waals surface area contributed by atoms with E-state index in [9.17, 15) is 9.59 Å². The second-order valence-electron chi connectivity index (χ2n) is 6.58. The van der Waals surface area contributed by atoms with Crippen molar-refractivity contribution < 1.29 is 4.79 Å². The van der Waals surface area contributed by atoms with Gasteiger partial charge in [0.1, 0.15) is 0 Å². The average molecular weight is 296 g/mol. The van der Waals surface area contributed by atoms with Gasteiger partial charge in [-0.15, -0.1) is 0 Å². The molecule has 1 saturated heterocycles. The lowest BCUT2D eigenvalue weighted by Gasteiger charge is -2.25. The number of aromatic nitrogens is 1. The predicted molar refractivity (Wildman–Crippen MR) is 85.9 cm³/mol. The molecule has 1 aliphatic rings. The average Bonchev–Trinajstić information content (AvgIpc) is 2.84. The first-order valence-corrected chi connectivity index (χ1v) is 7.50. The third kappa shape index (κ3) is 2.69. The summed E-state index contributed by atoms with van der Waals surface area (Å²) in [5.74, 6) is 0.295. The lowest BCUT2D eigenvalue weighted by molar-refractivity contribution is 0.0777. The van der Waals surface area contributed by atoms with Crippen LogP contribution in [-0.2, 0) is 0 Å². The zero-order valence-electron chi connectivity index (χ0n) is 12.9. The van der Waals surface area contributed by atoms with E-state index < -0.39 is 0 Å². The first kappa shape index (κ1) is 14.6. The van der Waals surface area contributed by atoms with Crippen molar-refractivity contribution in [2.75, 3.05) is 13.1 Å². The lowest BCUT2D eigenvalue weighted by atomic mass is 9.78. The standard InChI is InChI=1S/C18H20N2O2/c1-18(2)12-20(11-15(18)13-6-4-3-5-7-13)17(22)14-8-9-16(21)19-10-14/h3-10,15H,11-12H2,1-2H3,(H,19,21). The molecule has 1 amide bonds. The minimum Gasteiger partial charge on any atom is -0.337 e. The van der Waals surface area contributed by atoms with Crippen molar-refractivity contribution in [3.8, 4) is 0 Å². The van der Waals surface area contributed by atoms with Crippen LogP contribution in [0.1, 0.15) is 35.7 Å². The molecule has 0 saturated carbocycles. The Morgan fingerprint density at radius 1 is 1.18 bits per heavy atom. The highest BCUT2D eigenvalue weighted by molar-refractivity contribution is 5.94. The van der Waals surface area contributed by atoms with Gasteiger partial charge in [0.25, 0.3) is 5.91 Å². The highest BCUT2D eigenvalue weighted by atomic mass is 16.2. The van der Waals surface area contributed by atoms with Gasteiger partial charge in [0.15, 0.2) is 0 Å². The van der Waals surface area contributed by atoms with Crippen molar-refractivity contribution in [3.05, 3.63) is 70.1 Å². The van der Waals surface area contributed by atoms with Gasteiger partial charge < -0.3 is 9.88 Å². The second-order valence-corrected chi connectivity index (χ2v) is 6.58. The molecule has 22 heavy (non-hydrogen) atoms. The molecule has 1 atom stereocenters. The van der Waals surface area contributed by atoms with Crippen LogP contribution >= 0.6 is 0 Å². The van der Waals surface area contributed by atoms with Crippen LogP contribution in [0.25, 0.3) is 0 Å². The molecule has 1 N–H and O–H groups in total. The SMILES string of the molecule is CC1(C)CN(C(=O)c2ccc(=O)[nH]c2)CC1c1ccccc1. The first-order valence-electron chi connectivity index (χ1n) is 7.50. The van der Waals surface area contributed by atoms with Crippen molar-refractivity contribution in [1.82, 2.24) is 9.88 Å². The summed E-state index contributed by atoms with van der Waals surface area (Å²) in [6.07, 6.45) is 1.49. The zero-order valence-corrected chi connectivity index (χ0v) is 12.9. The van der Waals surface area contributed by atoms with E-state index in [1.807, 2.05) is 23.1 Å². The Bertz CT molecular complexity index is 714. The fourth-order valence-corrected chi connectivity index (χ4v) is 3.26. The van der Waals surface area contributed by atoms with Gasteiger partial charge in [-0.25, -0.2) is 0 Å². The van der Waals surface area contributed by atoms with Gasteiger partial charge in [0.2, 0.25) is 5.56 Å². The number of benzene rings is 1. The van der Waals surface area contributed by atoms with Gasteiger partial charge in [-0.3, -0.25) is 9.59 Å². The van der Waals surface area contributed by atoms with Crippen LogP contribution in [0.3, 0.4) is 0 Å². The molecule has 1 aromatic carbocycles. The van der Waals surface area contributed by atoms with Crippen LogP contribution in [-0.4, -0.2) is 28.9 Å². The molecule has 0 radical (unpaired) electrons. The Morgan fingerprint density at radius 3 is 2.55 bits per heavy atom. The Morgan fingerprint density at radius 2 is 1.91 bits per heavy atom. The summed E-state index contributed by atoms with van der Waals surface area (Å²) in [6, 6.07) is 13.3. The molecule has 4 heteroatoms. The largest absolute Gasteiger partial charge is 0.337 e.